The molecule has 3 nitrogen and oxygen atoms in total. The third kappa shape index (κ3) is 3.12. The fourth-order valence-electron chi connectivity index (χ4n) is 1.62. The van der Waals surface area contributed by atoms with E-state index in [0.717, 1.165) is 22.2 Å². The lowest BCUT2D eigenvalue weighted by molar-refractivity contribution is 0.102. The van der Waals surface area contributed by atoms with Crippen molar-refractivity contribution in [1.29, 1.82) is 0 Å². The third-order valence-electron chi connectivity index (χ3n) is 2.65. The maximum Gasteiger partial charge on any atom is 0.259 e. The van der Waals surface area contributed by atoms with Gasteiger partial charge in [-0.25, -0.2) is 4.39 Å². The number of carbonyl (C=O) groups excluding carboxylic acids is 1. The number of halogens is 2. The van der Waals surface area contributed by atoms with Crippen LogP contribution in [0, 0.1) is 12.7 Å². The second kappa shape index (κ2) is 5.40. The number of carbonyl (C=O) groups is 1. The van der Waals surface area contributed by atoms with Crippen molar-refractivity contribution in [2.45, 2.75) is 6.92 Å². The SMILES string of the molecule is Cc1ccc(Br)cc1NC(=O)c1ccc(F)cc1O. The molecule has 0 fully saturated rings. The Bertz CT molecular complexity index is 643. The number of phenolic OH excluding ortho intramolecular Hbond substituents is 1. The topological polar surface area (TPSA) is 49.3 Å². The molecule has 2 rings (SSSR count). The quantitative estimate of drug-likeness (QED) is 0.881. The highest BCUT2D eigenvalue weighted by Gasteiger charge is 2.13. The molecule has 0 radical (unpaired) electrons. The van der Waals surface area contributed by atoms with Crippen LogP contribution in [0.4, 0.5) is 10.1 Å². The van der Waals surface area contributed by atoms with Crippen LogP contribution in [-0.2, 0) is 0 Å². The zero-order valence-corrected chi connectivity index (χ0v) is 11.7. The summed E-state index contributed by atoms with van der Waals surface area (Å²) >= 11 is 3.32. The highest BCUT2D eigenvalue weighted by atomic mass is 79.9. The third-order valence-corrected chi connectivity index (χ3v) is 3.15. The summed E-state index contributed by atoms with van der Waals surface area (Å²) in [7, 11) is 0. The first-order valence-electron chi connectivity index (χ1n) is 5.53. The first-order valence-corrected chi connectivity index (χ1v) is 6.32. The van der Waals surface area contributed by atoms with E-state index in [1.807, 2.05) is 19.1 Å². The molecule has 0 spiro atoms. The van der Waals surface area contributed by atoms with Crippen molar-refractivity contribution in [1.82, 2.24) is 0 Å². The predicted molar refractivity (Wildman–Crippen MR) is 74.9 cm³/mol. The monoisotopic (exact) mass is 323 g/mol. The minimum absolute atomic E-state index is 0.0285. The normalized spacial score (nSPS) is 10.3. The summed E-state index contributed by atoms with van der Waals surface area (Å²) in [4.78, 5) is 12.0. The number of phenols is 1. The summed E-state index contributed by atoms with van der Waals surface area (Å²) in [5.41, 5.74) is 1.54. The molecule has 0 aliphatic rings. The van der Waals surface area contributed by atoms with Gasteiger partial charge in [0.15, 0.2) is 0 Å². The number of amides is 1. The minimum Gasteiger partial charge on any atom is -0.507 e. The molecule has 2 aromatic carbocycles. The van der Waals surface area contributed by atoms with Crippen molar-refractivity contribution in [2.75, 3.05) is 5.32 Å². The Morgan fingerprint density at radius 2 is 2.00 bits per heavy atom. The van der Waals surface area contributed by atoms with Gasteiger partial charge in [-0.3, -0.25) is 4.79 Å². The van der Waals surface area contributed by atoms with Gasteiger partial charge in [-0.2, -0.15) is 0 Å². The molecule has 19 heavy (non-hydrogen) atoms. The molecule has 0 heterocycles. The van der Waals surface area contributed by atoms with Gasteiger partial charge in [0.25, 0.3) is 5.91 Å². The second-order valence-electron chi connectivity index (χ2n) is 4.07. The molecule has 2 aromatic rings. The fraction of sp³-hybridized carbons (Fsp3) is 0.0714. The number of nitrogens with one attached hydrogen (secondary N) is 1. The largest absolute Gasteiger partial charge is 0.507 e. The summed E-state index contributed by atoms with van der Waals surface area (Å²) in [6.07, 6.45) is 0. The van der Waals surface area contributed by atoms with Crippen LogP contribution in [-0.4, -0.2) is 11.0 Å². The number of hydrogen-bond acceptors (Lipinski definition) is 2. The van der Waals surface area contributed by atoms with Gasteiger partial charge in [0.05, 0.1) is 5.56 Å². The van der Waals surface area contributed by atoms with Gasteiger partial charge in [0.2, 0.25) is 0 Å². The van der Waals surface area contributed by atoms with Crippen LogP contribution in [0.5, 0.6) is 5.75 Å². The van der Waals surface area contributed by atoms with E-state index in [2.05, 4.69) is 21.2 Å². The Labute approximate surface area is 118 Å². The Morgan fingerprint density at radius 3 is 2.68 bits per heavy atom. The zero-order chi connectivity index (χ0) is 14.0. The van der Waals surface area contributed by atoms with E-state index in [1.54, 1.807) is 6.07 Å². The Morgan fingerprint density at radius 1 is 1.26 bits per heavy atom. The van der Waals surface area contributed by atoms with E-state index >= 15 is 0 Å². The summed E-state index contributed by atoms with van der Waals surface area (Å²) < 4.78 is 13.7. The Hall–Kier alpha value is -1.88. The van der Waals surface area contributed by atoms with E-state index in [0.29, 0.717) is 5.69 Å². The van der Waals surface area contributed by atoms with Crippen LogP contribution in [0.25, 0.3) is 0 Å². The molecule has 2 N–H and O–H groups in total. The molecule has 0 saturated heterocycles. The molecule has 0 aromatic heterocycles. The van der Waals surface area contributed by atoms with Gasteiger partial charge in [-0.15, -0.1) is 0 Å². The number of aryl methyl sites for hydroxylation is 1. The van der Waals surface area contributed by atoms with Gasteiger partial charge >= 0.3 is 0 Å². The van der Waals surface area contributed by atoms with Gasteiger partial charge in [-0.05, 0) is 36.8 Å². The molecule has 0 atom stereocenters. The van der Waals surface area contributed by atoms with Crippen LogP contribution in [0.3, 0.4) is 0 Å². The molecule has 0 saturated carbocycles. The lowest BCUT2D eigenvalue weighted by Gasteiger charge is -2.10. The number of aromatic hydroxyl groups is 1. The summed E-state index contributed by atoms with van der Waals surface area (Å²) in [6, 6.07) is 8.75. The maximum absolute atomic E-state index is 12.9. The average molecular weight is 324 g/mol. The lowest BCUT2D eigenvalue weighted by Crippen LogP contribution is -2.13. The van der Waals surface area contributed by atoms with Crippen molar-refractivity contribution in [3.8, 4) is 5.75 Å². The fourth-order valence-corrected chi connectivity index (χ4v) is 1.98. The molecule has 0 bridgehead atoms. The summed E-state index contributed by atoms with van der Waals surface area (Å²) in [5, 5.41) is 12.2. The van der Waals surface area contributed by atoms with Crippen LogP contribution < -0.4 is 5.32 Å². The number of hydrogen-bond donors (Lipinski definition) is 2. The van der Waals surface area contributed by atoms with Crippen LogP contribution in [0.1, 0.15) is 15.9 Å². The molecular formula is C14H11BrFNO2. The predicted octanol–water partition coefficient (Wildman–Crippen LogP) is 3.85. The number of rotatable bonds is 2. The summed E-state index contributed by atoms with van der Waals surface area (Å²) in [6.45, 7) is 1.85. The van der Waals surface area contributed by atoms with Crippen molar-refractivity contribution < 1.29 is 14.3 Å². The Kier molecular flexibility index (Phi) is 3.85. The van der Waals surface area contributed by atoms with Crippen molar-refractivity contribution in [3.63, 3.8) is 0 Å². The minimum atomic E-state index is -0.590. The highest BCUT2D eigenvalue weighted by Crippen LogP contribution is 2.23. The van der Waals surface area contributed by atoms with Crippen molar-refractivity contribution in [2.24, 2.45) is 0 Å². The first-order chi connectivity index (χ1) is 8.97. The van der Waals surface area contributed by atoms with E-state index in [-0.39, 0.29) is 11.3 Å². The maximum atomic E-state index is 12.9. The second-order valence-corrected chi connectivity index (χ2v) is 4.99. The average Bonchev–Trinajstić information content (AvgIpc) is 2.33. The van der Waals surface area contributed by atoms with Gasteiger partial charge in [0, 0.05) is 16.2 Å². The highest BCUT2D eigenvalue weighted by molar-refractivity contribution is 9.10. The van der Waals surface area contributed by atoms with Crippen LogP contribution in [0.15, 0.2) is 40.9 Å². The molecular weight excluding hydrogens is 313 g/mol. The van der Waals surface area contributed by atoms with Crippen molar-refractivity contribution in [3.05, 3.63) is 57.8 Å². The van der Waals surface area contributed by atoms with Gasteiger partial charge in [0.1, 0.15) is 11.6 Å². The number of benzene rings is 2. The smallest absolute Gasteiger partial charge is 0.259 e. The Balaban J connectivity index is 2.28. The standard InChI is InChI=1S/C14H11BrFNO2/c1-8-2-3-9(15)6-12(8)17-14(19)11-5-4-10(16)7-13(11)18/h2-7,18H,1H3,(H,17,19). The first kappa shape index (κ1) is 13.5. The molecule has 5 heteroatoms. The van der Waals surface area contributed by atoms with Gasteiger partial charge < -0.3 is 10.4 Å². The van der Waals surface area contributed by atoms with Crippen LogP contribution in [0.2, 0.25) is 0 Å². The number of anilines is 1. The lowest BCUT2D eigenvalue weighted by atomic mass is 10.1. The van der Waals surface area contributed by atoms with Crippen LogP contribution >= 0.6 is 15.9 Å². The van der Waals surface area contributed by atoms with E-state index < -0.39 is 11.7 Å². The van der Waals surface area contributed by atoms with Gasteiger partial charge in [-0.1, -0.05) is 22.0 Å². The van der Waals surface area contributed by atoms with E-state index in [9.17, 15) is 14.3 Å². The molecule has 0 aliphatic carbocycles. The molecule has 0 unspecified atom stereocenters. The molecule has 0 aliphatic heterocycles. The van der Waals surface area contributed by atoms with E-state index in [1.165, 1.54) is 6.07 Å². The van der Waals surface area contributed by atoms with Crippen molar-refractivity contribution >= 4 is 27.5 Å². The zero-order valence-electron chi connectivity index (χ0n) is 10.1. The molecule has 98 valence electrons. The summed E-state index contributed by atoms with van der Waals surface area (Å²) in [5.74, 6) is -1.46. The van der Waals surface area contributed by atoms with E-state index in [4.69, 9.17) is 0 Å². The molecule has 1 amide bonds.